The van der Waals surface area contributed by atoms with Crippen molar-refractivity contribution in [2.24, 2.45) is 0 Å². The summed E-state index contributed by atoms with van der Waals surface area (Å²) in [6, 6.07) is 19.3. The van der Waals surface area contributed by atoms with E-state index in [0.29, 0.717) is 16.5 Å². The summed E-state index contributed by atoms with van der Waals surface area (Å²) in [5.41, 5.74) is 4.61. The minimum absolute atomic E-state index is 0.257. The summed E-state index contributed by atoms with van der Waals surface area (Å²) in [6.45, 7) is 4.03. The number of benzene rings is 2. The lowest BCUT2D eigenvalue weighted by atomic mass is 10.1. The lowest BCUT2D eigenvalue weighted by molar-refractivity contribution is 0.964. The Balaban J connectivity index is 1.83. The first-order valence-electron chi connectivity index (χ1n) is 9.04. The second-order valence-electron chi connectivity index (χ2n) is 6.74. The molecule has 2 aromatic heterocycles. The lowest BCUT2D eigenvalue weighted by Gasteiger charge is -2.09. The van der Waals surface area contributed by atoms with Crippen molar-refractivity contribution in [1.29, 1.82) is 5.26 Å². The van der Waals surface area contributed by atoms with Gasteiger partial charge in [-0.1, -0.05) is 28.1 Å². The third kappa shape index (κ3) is 3.53. The van der Waals surface area contributed by atoms with Crippen molar-refractivity contribution in [3.05, 3.63) is 92.2 Å². The summed E-state index contributed by atoms with van der Waals surface area (Å²) in [4.78, 5) is 19.6. The molecule has 6 heteroatoms. The SMILES string of the molecule is Cc1cc(C=C(C#N)c2nc3ccccc3c(=O)[nH]2)c(C)n1-c1ccc(Br)cc1. The van der Waals surface area contributed by atoms with E-state index in [-0.39, 0.29) is 11.4 Å². The Morgan fingerprint density at radius 3 is 2.62 bits per heavy atom. The van der Waals surface area contributed by atoms with Crippen LogP contribution in [0.1, 0.15) is 22.8 Å². The first kappa shape index (κ1) is 18.9. The van der Waals surface area contributed by atoms with Crippen molar-refractivity contribution in [3.63, 3.8) is 0 Å². The molecule has 0 amide bonds. The number of nitrogens with one attached hydrogen (secondary N) is 1. The first-order chi connectivity index (χ1) is 14.0. The normalized spacial score (nSPS) is 11.6. The van der Waals surface area contributed by atoms with Gasteiger partial charge in [0.2, 0.25) is 0 Å². The number of hydrogen-bond donors (Lipinski definition) is 1. The van der Waals surface area contributed by atoms with Crippen LogP contribution in [-0.4, -0.2) is 14.5 Å². The Morgan fingerprint density at radius 1 is 1.17 bits per heavy atom. The molecule has 0 saturated carbocycles. The molecule has 5 nitrogen and oxygen atoms in total. The molecule has 4 aromatic rings. The number of aromatic nitrogens is 3. The van der Waals surface area contributed by atoms with Gasteiger partial charge < -0.3 is 9.55 Å². The highest BCUT2D eigenvalue weighted by atomic mass is 79.9. The van der Waals surface area contributed by atoms with Gasteiger partial charge in [-0.05, 0) is 68.0 Å². The maximum absolute atomic E-state index is 12.4. The molecule has 0 aliphatic heterocycles. The van der Waals surface area contributed by atoms with Crippen molar-refractivity contribution in [1.82, 2.24) is 14.5 Å². The highest BCUT2D eigenvalue weighted by Gasteiger charge is 2.13. The standard InChI is InChI=1S/C23H17BrN4O/c1-14-11-16(15(2)28(14)19-9-7-18(24)8-10-19)12-17(13-25)22-26-21-6-4-3-5-20(21)23(29)27-22/h3-12H,1-2H3,(H,26,27,29). The molecule has 2 heterocycles. The van der Waals surface area contributed by atoms with Crippen molar-refractivity contribution < 1.29 is 0 Å². The second-order valence-corrected chi connectivity index (χ2v) is 7.66. The topological polar surface area (TPSA) is 74.5 Å². The van der Waals surface area contributed by atoms with Gasteiger partial charge in [0, 0.05) is 21.5 Å². The highest BCUT2D eigenvalue weighted by Crippen LogP contribution is 2.25. The molecule has 0 spiro atoms. The summed E-state index contributed by atoms with van der Waals surface area (Å²) < 4.78 is 3.14. The maximum atomic E-state index is 12.4. The van der Waals surface area contributed by atoms with Gasteiger partial charge in [-0.25, -0.2) is 4.98 Å². The summed E-state index contributed by atoms with van der Waals surface area (Å²) in [7, 11) is 0. The third-order valence-corrected chi connectivity index (χ3v) is 5.37. The number of hydrogen-bond acceptors (Lipinski definition) is 3. The van der Waals surface area contributed by atoms with Crippen molar-refractivity contribution in [2.75, 3.05) is 0 Å². The Morgan fingerprint density at radius 2 is 1.90 bits per heavy atom. The molecule has 0 unspecified atom stereocenters. The minimum Gasteiger partial charge on any atom is -0.318 e. The molecule has 142 valence electrons. The number of para-hydroxylation sites is 1. The van der Waals surface area contributed by atoms with E-state index in [1.165, 1.54) is 0 Å². The smallest absolute Gasteiger partial charge is 0.259 e. The Hall–Kier alpha value is -3.43. The minimum atomic E-state index is -0.257. The van der Waals surface area contributed by atoms with Crippen LogP contribution in [0.25, 0.3) is 28.2 Å². The van der Waals surface area contributed by atoms with Gasteiger partial charge in [-0.3, -0.25) is 4.79 Å². The van der Waals surface area contributed by atoms with Crippen LogP contribution in [0.2, 0.25) is 0 Å². The van der Waals surface area contributed by atoms with E-state index in [4.69, 9.17) is 0 Å². The van der Waals surface area contributed by atoms with E-state index in [1.54, 1.807) is 24.3 Å². The van der Waals surface area contributed by atoms with Crippen molar-refractivity contribution in [3.8, 4) is 11.8 Å². The van der Waals surface area contributed by atoms with Crippen LogP contribution < -0.4 is 5.56 Å². The van der Waals surface area contributed by atoms with Crippen LogP contribution in [0.5, 0.6) is 0 Å². The van der Waals surface area contributed by atoms with Gasteiger partial charge in [-0.15, -0.1) is 0 Å². The first-order valence-corrected chi connectivity index (χ1v) is 9.83. The predicted molar refractivity (Wildman–Crippen MR) is 119 cm³/mol. The maximum Gasteiger partial charge on any atom is 0.259 e. The van der Waals surface area contributed by atoms with Crippen molar-refractivity contribution >= 4 is 38.5 Å². The average Bonchev–Trinajstić information content (AvgIpc) is 3.00. The number of fused-ring (bicyclic) bond motifs is 1. The van der Waals surface area contributed by atoms with E-state index in [9.17, 15) is 10.1 Å². The predicted octanol–water partition coefficient (Wildman–Crippen LogP) is 5.16. The number of halogens is 1. The number of aryl methyl sites for hydroxylation is 1. The van der Waals surface area contributed by atoms with Gasteiger partial charge in [0.15, 0.2) is 5.82 Å². The fraction of sp³-hybridized carbons (Fsp3) is 0.0870. The monoisotopic (exact) mass is 444 g/mol. The van der Waals surface area contributed by atoms with Crippen LogP contribution in [0.3, 0.4) is 0 Å². The van der Waals surface area contributed by atoms with Crippen LogP contribution in [0, 0.1) is 25.2 Å². The second kappa shape index (κ2) is 7.53. The van der Waals surface area contributed by atoms with E-state index in [1.807, 2.05) is 50.2 Å². The molecular weight excluding hydrogens is 428 g/mol. The van der Waals surface area contributed by atoms with Crippen LogP contribution in [0.4, 0.5) is 0 Å². The molecule has 0 saturated heterocycles. The molecule has 4 rings (SSSR count). The van der Waals surface area contributed by atoms with Gasteiger partial charge in [0.25, 0.3) is 5.56 Å². The summed E-state index contributed by atoms with van der Waals surface area (Å²) in [5.74, 6) is 0.268. The summed E-state index contributed by atoms with van der Waals surface area (Å²) >= 11 is 3.46. The molecule has 0 aliphatic rings. The summed E-state index contributed by atoms with van der Waals surface area (Å²) in [6.07, 6.45) is 1.77. The third-order valence-electron chi connectivity index (χ3n) is 4.84. The molecule has 0 radical (unpaired) electrons. The number of allylic oxidation sites excluding steroid dienone is 1. The summed E-state index contributed by atoms with van der Waals surface area (Å²) in [5, 5.41) is 10.2. The molecule has 0 bridgehead atoms. The Kier molecular flexibility index (Phi) is 4.91. The van der Waals surface area contributed by atoms with Gasteiger partial charge in [0.05, 0.1) is 16.5 Å². The average molecular weight is 445 g/mol. The molecule has 0 aliphatic carbocycles. The molecule has 1 N–H and O–H groups in total. The van der Waals surface area contributed by atoms with Gasteiger partial charge in [0.1, 0.15) is 6.07 Å². The zero-order valence-electron chi connectivity index (χ0n) is 15.9. The molecule has 2 aromatic carbocycles. The van der Waals surface area contributed by atoms with Crippen LogP contribution >= 0.6 is 15.9 Å². The van der Waals surface area contributed by atoms with E-state index in [0.717, 1.165) is 27.1 Å². The van der Waals surface area contributed by atoms with Gasteiger partial charge in [-0.2, -0.15) is 5.26 Å². The quantitative estimate of drug-likeness (QED) is 0.443. The van der Waals surface area contributed by atoms with E-state index < -0.39 is 0 Å². The van der Waals surface area contributed by atoms with Crippen molar-refractivity contribution in [2.45, 2.75) is 13.8 Å². The lowest BCUT2D eigenvalue weighted by Crippen LogP contribution is -2.11. The van der Waals surface area contributed by atoms with Crippen LogP contribution in [0.15, 0.2) is 63.9 Å². The molecule has 29 heavy (non-hydrogen) atoms. The molecule has 0 atom stereocenters. The largest absolute Gasteiger partial charge is 0.318 e. The van der Waals surface area contributed by atoms with Gasteiger partial charge >= 0.3 is 0 Å². The fourth-order valence-corrected chi connectivity index (χ4v) is 3.71. The number of H-pyrrole nitrogens is 1. The fourth-order valence-electron chi connectivity index (χ4n) is 3.44. The van der Waals surface area contributed by atoms with E-state index in [2.05, 4.69) is 36.5 Å². The molecular formula is C23H17BrN4O. The Labute approximate surface area is 176 Å². The number of nitrogens with zero attached hydrogens (tertiary/aromatic N) is 3. The highest BCUT2D eigenvalue weighted by molar-refractivity contribution is 9.10. The van der Waals surface area contributed by atoms with E-state index >= 15 is 0 Å². The van der Waals surface area contributed by atoms with Crippen LogP contribution in [-0.2, 0) is 0 Å². The zero-order valence-corrected chi connectivity index (χ0v) is 17.5. The molecule has 0 fully saturated rings. The Bertz CT molecular complexity index is 1350. The number of rotatable bonds is 3. The number of nitriles is 1. The number of aromatic amines is 1. The zero-order chi connectivity index (χ0) is 20.5.